The Morgan fingerprint density at radius 2 is 1.94 bits per heavy atom. The largest absolute Gasteiger partial charge is 0.496 e. The Morgan fingerprint density at radius 1 is 1.29 bits per heavy atom. The maximum Gasteiger partial charge on any atom is 0.180 e. The van der Waals surface area contributed by atoms with Crippen molar-refractivity contribution in [2.45, 2.75) is 6.67 Å². The molecule has 0 saturated heterocycles. The van der Waals surface area contributed by atoms with E-state index in [9.17, 15) is 9.18 Å². The monoisotopic (exact) mass is 241 g/mol. The Balaban J connectivity index is 3.23. The Kier molecular flexibility index (Phi) is 4.90. The minimum absolute atomic E-state index is 0.151. The van der Waals surface area contributed by atoms with Crippen molar-refractivity contribution in [1.29, 1.82) is 0 Å². The maximum atomic E-state index is 12.8. The molecule has 0 heterocycles. The predicted molar refractivity (Wildman–Crippen MR) is 62.6 cm³/mol. The van der Waals surface area contributed by atoms with Gasteiger partial charge in [0.2, 0.25) is 0 Å². The van der Waals surface area contributed by atoms with Crippen LogP contribution < -0.4 is 14.8 Å². The molecule has 94 valence electrons. The predicted octanol–water partition coefficient (Wildman–Crippen LogP) is 1.58. The number of ketones is 1. The standard InChI is InChI=1S/C12H16FNO3/c1-14-7-10(15)9-4-8(6-13)11(16-2)5-12(9)17-3/h4-5,14H,6-7H2,1-3H3. The van der Waals surface area contributed by atoms with E-state index in [-0.39, 0.29) is 12.3 Å². The van der Waals surface area contributed by atoms with E-state index < -0.39 is 6.67 Å². The average Bonchev–Trinajstić information content (AvgIpc) is 2.37. The van der Waals surface area contributed by atoms with E-state index in [2.05, 4.69) is 5.32 Å². The highest BCUT2D eigenvalue weighted by atomic mass is 19.1. The molecule has 0 aliphatic carbocycles. The molecule has 0 atom stereocenters. The summed E-state index contributed by atoms with van der Waals surface area (Å²) in [7, 11) is 4.58. The normalized spacial score (nSPS) is 10.1. The third-order valence-corrected chi connectivity index (χ3v) is 2.38. The van der Waals surface area contributed by atoms with Crippen molar-refractivity contribution in [2.75, 3.05) is 27.8 Å². The zero-order chi connectivity index (χ0) is 12.8. The molecular weight excluding hydrogens is 225 g/mol. The number of Topliss-reactive ketones (excluding diaryl/α,β-unsaturated/α-hetero) is 1. The number of carbonyl (C=O) groups is 1. The smallest absolute Gasteiger partial charge is 0.180 e. The third-order valence-electron chi connectivity index (χ3n) is 2.38. The quantitative estimate of drug-likeness (QED) is 0.768. The molecule has 17 heavy (non-hydrogen) atoms. The number of carbonyl (C=O) groups excluding carboxylic acids is 1. The second kappa shape index (κ2) is 6.20. The van der Waals surface area contributed by atoms with Crippen molar-refractivity contribution in [1.82, 2.24) is 5.32 Å². The molecule has 0 aliphatic rings. The first kappa shape index (κ1) is 13.4. The fraction of sp³-hybridized carbons (Fsp3) is 0.417. The van der Waals surface area contributed by atoms with Crippen molar-refractivity contribution in [3.8, 4) is 11.5 Å². The molecule has 1 aromatic carbocycles. The zero-order valence-electron chi connectivity index (χ0n) is 10.2. The minimum Gasteiger partial charge on any atom is -0.496 e. The molecule has 1 N–H and O–H groups in total. The number of likely N-dealkylation sites (N-methyl/N-ethyl adjacent to an activating group) is 1. The Hall–Kier alpha value is -1.62. The van der Waals surface area contributed by atoms with Gasteiger partial charge in [-0.3, -0.25) is 4.79 Å². The van der Waals surface area contributed by atoms with Crippen LogP contribution in [0, 0.1) is 0 Å². The fourth-order valence-corrected chi connectivity index (χ4v) is 1.54. The van der Waals surface area contributed by atoms with Crippen LogP contribution in [0.4, 0.5) is 4.39 Å². The van der Waals surface area contributed by atoms with Crippen LogP contribution in [0.5, 0.6) is 11.5 Å². The summed E-state index contributed by atoms with van der Waals surface area (Å²) in [6, 6.07) is 3.00. The molecule has 0 bridgehead atoms. The summed E-state index contributed by atoms with van der Waals surface area (Å²) in [4.78, 5) is 11.8. The van der Waals surface area contributed by atoms with Crippen LogP contribution in [-0.4, -0.2) is 33.6 Å². The van der Waals surface area contributed by atoms with Gasteiger partial charge in [0.15, 0.2) is 5.78 Å². The summed E-state index contributed by atoms with van der Waals surface area (Å²) in [5.41, 5.74) is 0.697. The van der Waals surface area contributed by atoms with E-state index in [0.29, 0.717) is 22.6 Å². The molecule has 0 radical (unpaired) electrons. The van der Waals surface area contributed by atoms with Gasteiger partial charge in [-0.05, 0) is 13.1 Å². The lowest BCUT2D eigenvalue weighted by Crippen LogP contribution is -2.19. The van der Waals surface area contributed by atoms with E-state index in [4.69, 9.17) is 9.47 Å². The Bertz CT molecular complexity index is 407. The van der Waals surface area contributed by atoms with Crippen molar-refractivity contribution < 1.29 is 18.7 Å². The summed E-state index contributed by atoms with van der Waals surface area (Å²) >= 11 is 0. The number of benzene rings is 1. The van der Waals surface area contributed by atoms with Gasteiger partial charge in [0.05, 0.1) is 26.3 Å². The van der Waals surface area contributed by atoms with Crippen molar-refractivity contribution in [3.63, 3.8) is 0 Å². The topological polar surface area (TPSA) is 47.6 Å². The molecule has 5 heteroatoms. The number of alkyl halides is 1. The van der Waals surface area contributed by atoms with E-state index in [0.717, 1.165) is 0 Å². The van der Waals surface area contributed by atoms with Crippen LogP contribution in [0.2, 0.25) is 0 Å². The molecule has 4 nitrogen and oxygen atoms in total. The number of rotatable bonds is 6. The molecule has 0 spiro atoms. The van der Waals surface area contributed by atoms with Gasteiger partial charge in [0, 0.05) is 11.6 Å². The first-order valence-corrected chi connectivity index (χ1v) is 5.16. The van der Waals surface area contributed by atoms with Gasteiger partial charge in [-0.2, -0.15) is 0 Å². The molecule has 0 amide bonds. The third kappa shape index (κ3) is 2.94. The lowest BCUT2D eigenvalue weighted by Gasteiger charge is -2.12. The van der Waals surface area contributed by atoms with Crippen molar-refractivity contribution >= 4 is 5.78 Å². The van der Waals surface area contributed by atoms with Crippen LogP contribution in [-0.2, 0) is 6.67 Å². The summed E-state index contributed by atoms with van der Waals surface area (Å²) < 4.78 is 22.9. The Morgan fingerprint density at radius 3 is 2.41 bits per heavy atom. The van der Waals surface area contributed by atoms with E-state index in [1.807, 2.05) is 0 Å². The number of hydrogen-bond acceptors (Lipinski definition) is 4. The number of nitrogens with one attached hydrogen (secondary N) is 1. The molecule has 0 fully saturated rings. The number of methoxy groups -OCH3 is 2. The van der Waals surface area contributed by atoms with Gasteiger partial charge in [-0.15, -0.1) is 0 Å². The maximum absolute atomic E-state index is 12.8. The zero-order valence-corrected chi connectivity index (χ0v) is 10.2. The van der Waals surface area contributed by atoms with Crippen LogP contribution in [0.1, 0.15) is 15.9 Å². The summed E-state index contributed by atoms with van der Waals surface area (Å²) in [6.45, 7) is -0.512. The van der Waals surface area contributed by atoms with Crippen molar-refractivity contribution in [3.05, 3.63) is 23.3 Å². The summed E-state index contributed by atoms with van der Waals surface area (Å²) in [5.74, 6) is 0.617. The van der Waals surface area contributed by atoms with E-state index in [1.54, 1.807) is 7.05 Å². The summed E-state index contributed by atoms with van der Waals surface area (Å²) in [5, 5.41) is 2.75. The second-order valence-electron chi connectivity index (χ2n) is 3.45. The van der Waals surface area contributed by atoms with Gasteiger partial charge in [-0.25, -0.2) is 4.39 Å². The highest BCUT2D eigenvalue weighted by Crippen LogP contribution is 2.29. The lowest BCUT2D eigenvalue weighted by atomic mass is 10.0. The van der Waals surface area contributed by atoms with Crippen LogP contribution in [0.3, 0.4) is 0 Å². The van der Waals surface area contributed by atoms with Crippen molar-refractivity contribution in [2.24, 2.45) is 0 Å². The SMILES string of the molecule is CNCC(=O)c1cc(CF)c(OC)cc1OC. The van der Waals surface area contributed by atoms with Gasteiger partial charge in [-0.1, -0.05) is 0 Å². The Labute approximate surface area is 99.7 Å². The molecule has 0 aliphatic heterocycles. The van der Waals surface area contributed by atoms with Gasteiger partial charge >= 0.3 is 0 Å². The molecule has 0 aromatic heterocycles. The average molecular weight is 241 g/mol. The molecule has 0 saturated carbocycles. The molecule has 1 aromatic rings. The van der Waals surface area contributed by atoms with Crippen LogP contribution in [0.25, 0.3) is 0 Å². The number of halogens is 1. The van der Waals surface area contributed by atoms with Crippen LogP contribution in [0.15, 0.2) is 12.1 Å². The van der Waals surface area contributed by atoms with E-state index in [1.165, 1.54) is 26.4 Å². The van der Waals surface area contributed by atoms with Gasteiger partial charge < -0.3 is 14.8 Å². The highest BCUT2D eigenvalue weighted by molar-refractivity contribution is 6.00. The lowest BCUT2D eigenvalue weighted by molar-refractivity contribution is 0.0990. The van der Waals surface area contributed by atoms with Gasteiger partial charge in [0.25, 0.3) is 0 Å². The number of ether oxygens (including phenoxy) is 2. The van der Waals surface area contributed by atoms with Gasteiger partial charge in [0.1, 0.15) is 18.2 Å². The minimum atomic E-state index is -0.687. The first-order chi connectivity index (χ1) is 8.17. The second-order valence-corrected chi connectivity index (χ2v) is 3.45. The molecule has 0 unspecified atom stereocenters. The van der Waals surface area contributed by atoms with Crippen LogP contribution >= 0.6 is 0 Å². The molecular formula is C12H16FNO3. The molecule has 1 rings (SSSR count). The fourth-order valence-electron chi connectivity index (χ4n) is 1.54. The highest BCUT2D eigenvalue weighted by Gasteiger charge is 2.16. The summed E-state index contributed by atoms with van der Waals surface area (Å²) in [6.07, 6.45) is 0. The first-order valence-electron chi connectivity index (χ1n) is 5.16. The number of hydrogen-bond donors (Lipinski definition) is 1. The van der Waals surface area contributed by atoms with E-state index >= 15 is 0 Å².